The average molecular weight is 1880 g/mol. The molecule has 0 saturated carbocycles. The zero-order chi connectivity index (χ0) is 96.9. The Balaban J connectivity index is 0.000000107. The third kappa shape index (κ3) is 14.4. The highest BCUT2D eigenvalue weighted by Gasteiger charge is 2.29. The Morgan fingerprint density at radius 1 is 0.163 bits per heavy atom. The third-order valence-electron chi connectivity index (χ3n) is 28.6. The number of fused-ring (bicyclic) bond motifs is 20. The van der Waals surface area contributed by atoms with Gasteiger partial charge in [-0.05, 0) is 188 Å². The summed E-state index contributed by atoms with van der Waals surface area (Å²) in [5, 5.41) is 40.0. The largest absolute Gasteiger partial charge is 0.309 e. The van der Waals surface area contributed by atoms with Crippen LogP contribution in [0, 0.1) is 0 Å². The second-order valence-corrected chi connectivity index (χ2v) is 37.1. The maximum Gasteiger partial charge on any atom is 0.204 e. The molecule has 0 spiro atoms. The summed E-state index contributed by atoms with van der Waals surface area (Å²) in [6.07, 6.45) is 2.11. The van der Waals surface area contributed by atoms with Crippen LogP contribution in [0.25, 0.3) is 244 Å². The van der Waals surface area contributed by atoms with Crippen LogP contribution >= 0.6 is 0 Å². The quantitative estimate of drug-likeness (QED) is 0.0949. The Bertz CT molecular complexity index is 9880. The molecule has 0 radical (unpaired) electrons. The number of nitrogens with zero attached hydrogens (tertiary/aromatic N) is 15. The molecule has 15 heteroatoms. The van der Waals surface area contributed by atoms with Crippen LogP contribution in [0.3, 0.4) is 0 Å². The summed E-state index contributed by atoms with van der Waals surface area (Å²) in [4.78, 5) is 3.50. The minimum absolute atomic E-state index is 0.857. The van der Waals surface area contributed by atoms with E-state index in [1.165, 1.54) is 125 Å². The number of rotatable bonds is 15. The monoisotopic (exact) mass is 1880 g/mol. The Morgan fingerprint density at radius 2 is 0.422 bits per heavy atom. The molecule has 690 valence electrons. The van der Waals surface area contributed by atoms with Crippen molar-refractivity contribution in [2.24, 2.45) is 0 Å². The van der Waals surface area contributed by atoms with E-state index in [2.05, 4.69) is 464 Å². The molecule has 0 aliphatic heterocycles. The molecule has 0 bridgehead atoms. The molecule has 9 aromatic heterocycles. The number of benzene rings is 21. The van der Waals surface area contributed by atoms with Gasteiger partial charge in [0.25, 0.3) is 0 Å². The lowest BCUT2D eigenvalue weighted by atomic mass is 10.1. The zero-order valence-electron chi connectivity index (χ0n) is 79.5. The van der Waals surface area contributed by atoms with Gasteiger partial charge in [-0.15, -0.1) is 25.1 Å². The van der Waals surface area contributed by atoms with Gasteiger partial charge < -0.3 is 27.4 Å². The highest BCUT2D eigenvalue weighted by molar-refractivity contribution is 6.30. The smallest absolute Gasteiger partial charge is 0.204 e. The van der Waals surface area contributed by atoms with Crippen molar-refractivity contribution in [1.29, 1.82) is 0 Å². The molecule has 30 rings (SSSR count). The number of aromatic nitrogens is 15. The van der Waals surface area contributed by atoms with E-state index in [1.807, 2.05) is 106 Å². The molecule has 0 aliphatic carbocycles. The fraction of sp³-hybridized carbons (Fsp3) is 0. The SMILES string of the molecule is c1ccc(-c2cn(-c3ccc(-n4c5ccccc5c5c4ccc4c6ccccc6n(-c6ccccc6)c45)cc3)n[n+]2-c2ccccc2)cc1.c1ccc(-c2nn(-c3ccc(-n4c5ccccc5c5c6c7ccccc7n(-c7ccccc7)c6ccc54)cc3)nc2-c2ccccc2)cc1.c1ccc(-c2nn(-c3ccc(-n4c5ccccc5c5cc6c7ccccc7n(-c7ccccc7)c6cc54)cc3)nc2-c2ccccc2)cc1. The zero-order valence-corrected chi connectivity index (χ0v) is 79.5. The van der Waals surface area contributed by atoms with Crippen LogP contribution in [0.15, 0.2) is 534 Å². The highest BCUT2D eigenvalue weighted by Crippen LogP contribution is 2.47. The normalized spacial score (nSPS) is 11.7. The molecule has 0 atom stereocenters. The van der Waals surface area contributed by atoms with Crippen LogP contribution in [-0.4, -0.2) is 67.3 Å². The molecule has 0 amide bonds. The Kier molecular flexibility index (Phi) is 20.5. The maximum absolute atomic E-state index is 5.04. The Morgan fingerprint density at radius 3 is 0.796 bits per heavy atom. The predicted octanol–water partition coefficient (Wildman–Crippen LogP) is 31.6. The summed E-state index contributed by atoms with van der Waals surface area (Å²) in [5.74, 6) is 0. The number of para-hydroxylation sites is 10. The van der Waals surface area contributed by atoms with Crippen molar-refractivity contribution in [3.05, 3.63) is 534 Å². The van der Waals surface area contributed by atoms with E-state index in [1.54, 1.807) is 9.59 Å². The summed E-state index contributed by atoms with van der Waals surface area (Å²) in [5.41, 5.74) is 34.5. The standard InChI is InChI=1S/C44H29N5.C44H30N5.C44H29N5/c1-4-14-30(15-5-1)43-44(31-16-6-2-7-17-31)46-49(45-43)34-26-24-33(25-27-34)48-40-23-13-11-21-36(40)38-28-37-35-20-10-12-22-39(35)47(41(37)29-42(38)48)32-18-8-3-9-19-32;1-4-14-31(15-5-1)42-30-46(45-49(42)35-18-8-3-9-19-35)32-24-26-34(27-25-32)47-40-23-13-11-21-38(40)43-41(47)29-28-37-36-20-10-12-22-39(36)48(44(37)43)33-16-6-2-7-17-33;1-4-14-30(15-5-1)43-44(31-16-6-2-7-17-31)46-49(45-43)34-26-24-33(25-27-34)48-38-23-13-11-21-36(38)42-40(48)29-28-39-41(42)35-20-10-12-22-37(35)47(39)32-18-8-3-9-19-32/h1-29H;1-30H;1-29H/q;+1;. The van der Waals surface area contributed by atoms with Crippen LogP contribution in [-0.2, 0) is 0 Å². The summed E-state index contributed by atoms with van der Waals surface area (Å²) in [6.45, 7) is 0. The minimum atomic E-state index is 0.857. The van der Waals surface area contributed by atoms with Gasteiger partial charge in [0, 0.05) is 127 Å². The molecule has 0 N–H and O–H groups in total. The van der Waals surface area contributed by atoms with Crippen molar-refractivity contribution < 1.29 is 4.68 Å². The molecular weight excluding hydrogens is 1800 g/mol. The van der Waals surface area contributed by atoms with Crippen molar-refractivity contribution in [1.82, 2.24) is 67.3 Å². The summed E-state index contributed by atoms with van der Waals surface area (Å²) < 4.78 is 18.3. The molecule has 0 saturated heterocycles. The summed E-state index contributed by atoms with van der Waals surface area (Å²) in [7, 11) is 0. The molecular formula is C132H88N15+. The highest BCUT2D eigenvalue weighted by atomic mass is 15.5. The first kappa shape index (κ1) is 84.9. The Labute approximate surface area is 844 Å². The van der Waals surface area contributed by atoms with Crippen molar-refractivity contribution in [3.8, 4) is 113 Å². The Hall–Kier alpha value is -20.2. The van der Waals surface area contributed by atoms with Crippen LogP contribution in [0.4, 0.5) is 0 Å². The van der Waals surface area contributed by atoms with E-state index < -0.39 is 0 Å². The predicted molar refractivity (Wildman–Crippen MR) is 601 cm³/mol. The van der Waals surface area contributed by atoms with E-state index in [0.29, 0.717) is 0 Å². The van der Waals surface area contributed by atoms with E-state index >= 15 is 0 Å². The van der Waals surface area contributed by atoms with Gasteiger partial charge in [-0.1, -0.05) is 344 Å². The van der Waals surface area contributed by atoms with Gasteiger partial charge in [0.1, 0.15) is 28.0 Å². The van der Waals surface area contributed by atoms with Crippen molar-refractivity contribution in [2.75, 3.05) is 0 Å². The third-order valence-corrected chi connectivity index (χ3v) is 28.6. The average Bonchev–Trinajstić information content (AvgIpc) is 1.54. The maximum atomic E-state index is 5.04. The van der Waals surface area contributed by atoms with Gasteiger partial charge in [-0.2, -0.15) is 9.59 Å². The van der Waals surface area contributed by atoms with Crippen molar-refractivity contribution >= 4 is 131 Å². The summed E-state index contributed by atoms with van der Waals surface area (Å²) >= 11 is 0. The van der Waals surface area contributed by atoms with Crippen LogP contribution in [0.5, 0.6) is 0 Å². The fourth-order valence-corrected chi connectivity index (χ4v) is 22.1. The molecule has 0 fully saturated rings. The molecule has 30 aromatic rings. The first-order valence-corrected chi connectivity index (χ1v) is 49.6. The number of hydrogen-bond acceptors (Lipinski definition) is 5. The van der Waals surface area contributed by atoms with Gasteiger partial charge in [-0.3, -0.25) is 0 Å². The fourth-order valence-electron chi connectivity index (χ4n) is 22.1. The van der Waals surface area contributed by atoms with Crippen molar-refractivity contribution in [3.63, 3.8) is 0 Å². The van der Waals surface area contributed by atoms with Crippen LogP contribution in [0.2, 0.25) is 0 Å². The second kappa shape index (κ2) is 35.6. The molecule has 9 heterocycles. The molecule has 0 unspecified atom stereocenters. The van der Waals surface area contributed by atoms with Crippen LogP contribution in [0.1, 0.15) is 0 Å². The lowest BCUT2D eigenvalue weighted by molar-refractivity contribution is -0.650. The summed E-state index contributed by atoms with van der Waals surface area (Å²) in [6, 6.07) is 186. The second-order valence-electron chi connectivity index (χ2n) is 37.1. The first-order valence-electron chi connectivity index (χ1n) is 49.6. The topological polar surface area (TPSA) is 113 Å². The van der Waals surface area contributed by atoms with Crippen molar-refractivity contribution in [2.45, 2.75) is 0 Å². The van der Waals surface area contributed by atoms with Crippen LogP contribution < -0.4 is 4.68 Å². The lowest BCUT2D eigenvalue weighted by Gasteiger charge is -2.10. The van der Waals surface area contributed by atoms with E-state index in [9.17, 15) is 0 Å². The molecule has 0 aliphatic rings. The molecule has 15 nitrogen and oxygen atoms in total. The van der Waals surface area contributed by atoms with Gasteiger partial charge in [0.2, 0.25) is 5.69 Å². The van der Waals surface area contributed by atoms with E-state index in [4.69, 9.17) is 25.6 Å². The van der Waals surface area contributed by atoms with E-state index in [0.717, 1.165) is 119 Å². The van der Waals surface area contributed by atoms with Gasteiger partial charge >= 0.3 is 0 Å². The number of hydrogen-bond donors (Lipinski definition) is 0. The van der Waals surface area contributed by atoms with Gasteiger partial charge in [0.15, 0.2) is 17.6 Å². The van der Waals surface area contributed by atoms with Gasteiger partial charge in [0.05, 0.1) is 77.6 Å². The lowest BCUT2D eigenvalue weighted by Crippen LogP contribution is -2.35. The molecule has 21 aromatic carbocycles. The van der Waals surface area contributed by atoms with E-state index in [-0.39, 0.29) is 0 Å². The van der Waals surface area contributed by atoms with Gasteiger partial charge in [-0.25, -0.2) is 0 Å². The minimum Gasteiger partial charge on any atom is -0.309 e. The first-order chi connectivity index (χ1) is 73.0. The molecule has 147 heavy (non-hydrogen) atoms.